The Morgan fingerprint density at radius 3 is 2.40 bits per heavy atom. The van der Waals surface area contributed by atoms with Crippen LogP contribution in [0.15, 0.2) is 0 Å². The summed E-state index contributed by atoms with van der Waals surface area (Å²) in [5, 5.41) is 0. The second kappa shape index (κ2) is 5.83. The summed E-state index contributed by atoms with van der Waals surface area (Å²) < 4.78 is 5.86. The molecule has 15 heavy (non-hydrogen) atoms. The summed E-state index contributed by atoms with van der Waals surface area (Å²) in [7, 11) is 0. The summed E-state index contributed by atoms with van der Waals surface area (Å²) in [6.45, 7) is 4.34. The van der Waals surface area contributed by atoms with Crippen molar-refractivity contribution in [2.75, 3.05) is 26.2 Å². The van der Waals surface area contributed by atoms with Gasteiger partial charge in [0.2, 0.25) is 0 Å². The van der Waals surface area contributed by atoms with E-state index in [4.69, 9.17) is 10.5 Å². The van der Waals surface area contributed by atoms with Gasteiger partial charge in [0, 0.05) is 12.6 Å². The first kappa shape index (κ1) is 11.4. The van der Waals surface area contributed by atoms with Crippen molar-refractivity contribution in [3.63, 3.8) is 0 Å². The fraction of sp³-hybridized carbons (Fsp3) is 1.00. The van der Waals surface area contributed by atoms with Crippen LogP contribution in [-0.4, -0.2) is 43.3 Å². The molecular formula is C12H24N2O. The van der Waals surface area contributed by atoms with Gasteiger partial charge in [-0.1, -0.05) is 12.8 Å². The Morgan fingerprint density at radius 1 is 1.07 bits per heavy atom. The molecule has 0 bridgehead atoms. The van der Waals surface area contributed by atoms with E-state index in [1.807, 2.05) is 0 Å². The minimum atomic E-state index is 0.442. The van der Waals surface area contributed by atoms with Gasteiger partial charge >= 0.3 is 0 Å². The molecule has 1 aliphatic carbocycles. The van der Waals surface area contributed by atoms with Gasteiger partial charge in [0.1, 0.15) is 0 Å². The normalized spacial score (nSPS) is 26.2. The van der Waals surface area contributed by atoms with Crippen molar-refractivity contribution in [3.05, 3.63) is 0 Å². The lowest BCUT2D eigenvalue weighted by Gasteiger charge is -2.30. The molecule has 0 unspecified atom stereocenters. The van der Waals surface area contributed by atoms with E-state index in [9.17, 15) is 0 Å². The minimum absolute atomic E-state index is 0.442. The molecule has 3 heteroatoms. The Bertz CT molecular complexity index is 172. The van der Waals surface area contributed by atoms with Crippen molar-refractivity contribution in [1.82, 2.24) is 4.90 Å². The van der Waals surface area contributed by atoms with Crippen LogP contribution in [-0.2, 0) is 4.74 Å². The number of ether oxygens (including phenoxy) is 1. The van der Waals surface area contributed by atoms with E-state index in [1.54, 1.807) is 0 Å². The Morgan fingerprint density at radius 2 is 1.73 bits per heavy atom. The largest absolute Gasteiger partial charge is 0.377 e. The smallest absolute Gasteiger partial charge is 0.0597 e. The SMILES string of the molecule is NC1CCN(CCOC2CCCC2)CC1. The maximum absolute atomic E-state index is 5.87. The van der Waals surface area contributed by atoms with Gasteiger partial charge < -0.3 is 15.4 Å². The van der Waals surface area contributed by atoms with Crippen LogP contribution in [0.3, 0.4) is 0 Å². The number of piperidine rings is 1. The second-order valence-electron chi connectivity index (χ2n) is 4.96. The summed E-state index contributed by atoms with van der Waals surface area (Å²) in [5.41, 5.74) is 5.87. The van der Waals surface area contributed by atoms with E-state index in [0.717, 1.165) is 39.1 Å². The average molecular weight is 212 g/mol. The fourth-order valence-electron chi connectivity index (χ4n) is 2.58. The summed E-state index contributed by atoms with van der Waals surface area (Å²) in [5.74, 6) is 0. The molecule has 0 aromatic carbocycles. The first-order valence-electron chi connectivity index (χ1n) is 6.44. The molecule has 2 rings (SSSR count). The van der Waals surface area contributed by atoms with Crippen LogP contribution >= 0.6 is 0 Å². The molecule has 1 heterocycles. The maximum Gasteiger partial charge on any atom is 0.0597 e. The highest BCUT2D eigenvalue weighted by Gasteiger charge is 2.18. The molecule has 1 saturated heterocycles. The monoisotopic (exact) mass is 212 g/mol. The van der Waals surface area contributed by atoms with E-state index >= 15 is 0 Å². The third kappa shape index (κ3) is 3.74. The van der Waals surface area contributed by atoms with E-state index in [-0.39, 0.29) is 0 Å². The average Bonchev–Trinajstić information content (AvgIpc) is 2.74. The third-order valence-corrected chi connectivity index (χ3v) is 3.70. The highest BCUT2D eigenvalue weighted by atomic mass is 16.5. The number of nitrogens with two attached hydrogens (primary N) is 1. The zero-order chi connectivity index (χ0) is 10.5. The summed E-state index contributed by atoms with van der Waals surface area (Å²) >= 11 is 0. The van der Waals surface area contributed by atoms with Gasteiger partial charge in [0.05, 0.1) is 12.7 Å². The molecule has 88 valence electrons. The summed E-state index contributed by atoms with van der Waals surface area (Å²) in [6, 6.07) is 0.442. The summed E-state index contributed by atoms with van der Waals surface area (Å²) in [4.78, 5) is 2.48. The van der Waals surface area contributed by atoms with E-state index in [2.05, 4.69) is 4.90 Å². The number of likely N-dealkylation sites (tertiary alicyclic amines) is 1. The second-order valence-corrected chi connectivity index (χ2v) is 4.96. The minimum Gasteiger partial charge on any atom is -0.377 e. The Labute approximate surface area is 93.0 Å². The highest BCUT2D eigenvalue weighted by Crippen LogP contribution is 2.20. The molecule has 0 spiro atoms. The van der Waals surface area contributed by atoms with Crippen LogP contribution in [0.4, 0.5) is 0 Å². The van der Waals surface area contributed by atoms with E-state index < -0.39 is 0 Å². The molecule has 0 atom stereocenters. The molecule has 1 aliphatic heterocycles. The zero-order valence-electron chi connectivity index (χ0n) is 9.66. The van der Waals surface area contributed by atoms with Crippen molar-refractivity contribution in [2.24, 2.45) is 5.73 Å². The van der Waals surface area contributed by atoms with Crippen molar-refractivity contribution < 1.29 is 4.74 Å². The van der Waals surface area contributed by atoms with Gasteiger partial charge in [-0.15, -0.1) is 0 Å². The molecular weight excluding hydrogens is 188 g/mol. The number of hydrogen-bond acceptors (Lipinski definition) is 3. The number of nitrogens with zero attached hydrogens (tertiary/aromatic N) is 1. The molecule has 2 fully saturated rings. The lowest BCUT2D eigenvalue weighted by Crippen LogP contribution is -2.41. The third-order valence-electron chi connectivity index (χ3n) is 3.70. The Kier molecular flexibility index (Phi) is 4.42. The Balaban J connectivity index is 1.53. The Hall–Kier alpha value is -0.120. The zero-order valence-corrected chi connectivity index (χ0v) is 9.66. The molecule has 1 saturated carbocycles. The predicted octanol–water partition coefficient (Wildman–Crippen LogP) is 1.37. The molecule has 2 aliphatic rings. The molecule has 0 amide bonds. The highest BCUT2D eigenvalue weighted by molar-refractivity contribution is 4.74. The van der Waals surface area contributed by atoms with Gasteiger partial charge in [-0.25, -0.2) is 0 Å². The van der Waals surface area contributed by atoms with Gasteiger partial charge in [-0.2, -0.15) is 0 Å². The van der Waals surface area contributed by atoms with Crippen molar-refractivity contribution >= 4 is 0 Å². The first-order valence-corrected chi connectivity index (χ1v) is 6.44. The standard InChI is InChI=1S/C12H24N2O/c13-11-5-7-14(8-6-11)9-10-15-12-3-1-2-4-12/h11-12H,1-10,13H2. The van der Waals surface area contributed by atoms with E-state index in [1.165, 1.54) is 25.7 Å². The molecule has 0 aromatic rings. The summed E-state index contributed by atoms with van der Waals surface area (Å²) in [6.07, 6.45) is 8.17. The lowest BCUT2D eigenvalue weighted by molar-refractivity contribution is 0.0377. The van der Waals surface area contributed by atoms with Crippen LogP contribution in [0, 0.1) is 0 Å². The van der Waals surface area contributed by atoms with Gasteiger partial charge in [-0.05, 0) is 38.8 Å². The predicted molar refractivity (Wildman–Crippen MR) is 61.9 cm³/mol. The maximum atomic E-state index is 5.87. The molecule has 0 aromatic heterocycles. The van der Waals surface area contributed by atoms with Gasteiger partial charge in [0.15, 0.2) is 0 Å². The van der Waals surface area contributed by atoms with E-state index in [0.29, 0.717) is 12.1 Å². The molecule has 2 N–H and O–H groups in total. The van der Waals surface area contributed by atoms with Crippen LogP contribution in [0.1, 0.15) is 38.5 Å². The van der Waals surface area contributed by atoms with Crippen LogP contribution in [0.2, 0.25) is 0 Å². The van der Waals surface area contributed by atoms with Crippen molar-refractivity contribution in [3.8, 4) is 0 Å². The van der Waals surface area contributed by atoms with Crippen LogP contribution in [0.5, 0.6) is 0 Å². The van der Waals surface area contributed by atoms with Gasteiger partial charge in [-0.3, -0.25) is 0 Å². The molecule has 3 nitrogen and oxygen atoms in total. The topological polar surface area (TPSA) is 38.5 Å². The fourth-order valence-corrected chi connectivity index (χ4v) is 2.58. The van der Waals surface area contributed by atoms with Gasteiger partial charge in [0.25, 0.3) is 0 Å². The molecule has 0 radical (unpaired) electrons. The van der Waals surface area contributed by atoms with Crippen molar-refractivity contribution in [2.45, 2.75) is 50.7 Å². The lowest BCUT2D eigenvalue weighted by atomic mass is 10.1. The number of hydrogen-bond donors (Lipinski definition) is 1. The first-order chi connectivity index (χ1) is 7.34. The number of rotatable bonds is 4. The van der Waals surface area contributed by atoms with Crippen LogP contribution in [0.25, 0.3) is 0 Å². The quantitative estimate of drug-likeness (QED) is 0.765. The van der Waals surface area contributed by atoms with Crippen molar-refractivity contribution in [1.29, 1.82) is 0 Å². The van der Waals surface area contributed by atoms with Crippen LogP contribution < -0.4 is 5.73 Å².